The zero-order valence-corrected chi connectivity index (χ0v) is 73.7. The van der Waals surface area contributed by atoms with Gasteiger partial charge < -0.3 is 92.6 Å². The number of carbonyl (C=O) groups excluding carboxylic acids is 12. The van der Waals surface area contributed by atoms with Crippen molar-refractivity contribution < 1.29 is 82.4 Å². The van der Waals surface area contributed by atoms with Gasteiger partial charge in [-0.25, -0.2) is 14.8 Å². The molecule has 1 aromatic carbocycles. The standard InChI is InChI=1S/C62H111N11O12.C20H22N8O5/c1-25-27-28-40(15)52(75)51-56(79)65-43(26-2)58(81)67(18)33-48(74)68(19)44(29-34(3)4)55(78)66-49(38(11)12)61(84)69(20)45(30-35(5)6)54(77)63-41(16)53(76)64-42(17)57(80)70(21)46(31-36(7)8)59(82)71(22)47(32-37(9)10)60(83)72(23)50(39(13)14)62(85)73(51)24;1-28(9-11-8-23-17-15(24-11)16(21)26-20(22)27-17)12-4-2-10(3-5-12)18(31)25-13(19(32)33)6-7-14(29)30/h25,27,34-47,49-52,75H,26,28-33H2,1-24H3,(H,63,77)(H,64,76)(H,65,79)(H,66,78);2-5,8,13H,6-7,9H2,1H3,(H,25,31)(H,29,30)(H,32,33)(H4,21,22,23,26,27)/b27-25+;/t40-,41-,42-,43+,44-,45-,46-,47-,49+,50-,51-,52-;13-/m10/s1. The van der Waals surface area contributed by atoms with Gasteiger partial charge in [0.1, 0.15) is 66.5 Å². The van der Waals surface area contributed by atoms with Crippen molar-refractivity contribution in [2.45, 2.75) is 248 Å². The average molecular weight is 1660 g/mol. The van der Waals surface area contributed by atoms with Crippen LogP contribution >= 0.6 is 0 Å². The second-order valence-corrected chi connectivity index (χ2v) is 33.3. The molecule has 118 heavy (non-hydrogen) atoms. The molecule has 3 aromatic rings. The smallest absolute Gasteiger partial charge is 0.326 e. The van der Waals surface area contributed by atoms with Gasteiger partial charge in [-0.15, -0.1) is 0 Å². The van der Waals surface area contributed by atoms with E-state index in [-0.39, 0.29) is 85.9 Å². The number of amides is 12. The van der Waals surface area contributed by atoms with E-state index >= 15 is 9.59 Å². The number of carboxylic acids is 2. The van der Waals surface area contributed by atoms with E-state index in [9.17, 15) is 67.7 Å². The number of aliphatic hydroxyl groups excluding tert-OH is 1. The number of likely N-dealkylation sites (N-methyl/N-ethyl adjacent to an activating group) is 7. The number of rotatable bonds is 24. The van der Waals surface area contributed by atoms with Crippen molar-refractivity contribution in [3.8, 4) is 0 Å². The van der Waals surface area contributed by atoms with E-state index in [4.69, 9.17) is 16.6 Å². The number of hydrogen-bond donors (Lipinski definition) is 10. The Bertz CT molecular complexity index is 4010. The Hall–Kier alpha value is -10.7. The molecule has 36 nitrogen and oxygen atoms in total. The molecule has 0 spiro atoms. The topological polar surface area (TPSA) is 489 Å². The number of aromatic nitrogens is 4. The lowest BCUT2D eigenvalue weighted by atomic mass is 9.91. The number of carbonyl (C=O) groups is 14. The summed E-state index contributed by atoms with van der Waals surface area (Å²) in [6, 6.07) is -7.17. The summed E-state index contributed by atoms with van der Waals surface area (Å²) >= 11 is 0. The van der Waals surface area contributed by atoms with Crippen LogP contribution in [0.2, 0.25) is 0 Å². The minimum absolute atomic E-state index is 0.0138. The molecule has 1 aliphatic rings. The molecule has 12 N–H and O–H groups in total. The zero-order chi connectivity index (χ0) is 90.1. The number of aliphatic carboxylic acids is 2. The highest BCUT2D eigenvalue weighted by atomic mass is 16.4. The molecular formula is C82H133N19O17. The lowest BCUT2D eigenvalue weighted by Crippen LogP contribution is -2.63. The SMILES string of the molecule is C/C=C/C[C@@H](C)[C@@H](O)[C@@H]1C(=O)N[C@@H](CC)C(=O)N(C)CC(=O)N(C)[C@H](CC(C)C)C(=O)N[C@@H](C(C)C)C(=O)N(C)[C@H](CC(C)C)C(=O)N[C@H](C)C(=O)N[C@H](C)C(=O)N(C)[C@H](CC(C)C)C(=O)N(C)[C@H](CC(C)C)C(=O)N(C)[C@H](C(C)C)C(=O)N1C.CN(Cc1cnc2nc(N)nc(N)c2n1)c1ccc(C(=O)N[C@@H](CCC(=O)O)C(=O)O)cc1. The van der Waals surface area contributed by atoms with Crippen molar-refractivity contribution in [1.29, 1.82) is 0 Å². The van der Waals surface area contributed by atoms with Gasteiger partial charge in [0.15, 0.2) is 17.0 Å². The van der Waals surface area contributed by atoms with Crippen LogP contribution in [0.15, 0.2) is 42.6 Å². The predicted octanol–water partition coefficient (Wildman–Crippen LogP) is 3.54. The highest BCUT2D eigenvalue weighted by Crippen LogP contribution is 2.27. The van der Waals surface area contributed by atoms with Crippen LogP contribution in [0.4, 0.5) is 17.5 Å². The average Bonchev–Trinajstić information content (AvgIpc) is 0.800. The van der Waals surface area contributed by atoms with Crippen molar-refractivity contribution >= 4 is 111 Å². The predicted molar refractivity (Wildman–Crippen MR) is 447 cm³/mol. The van der Waals surface area contributed by atoms with Crippen molar-refractivity contribution in [3.05, 3.63) is 53.9 Å². The highest BCUT2D eigenvalue weighted by Gasteiger charge is 2.46. The second-order valence-electron chi connectivity index (χ2n) is 33.3. The van der Waals surface area contributed by atoms with E-state index < -0.39 is 180 Å². The number of nitrogens with two attached hydrogens (primary N) is 2. The van der Waals surface area contributed by atoms with Crippen LogP contribution in [-0.2, 0) is 68.9 Å². The van der Waals surface area contributed by atoms with Crippen LogP contribution in [0.1, 0.15) is 185 Å². The van der Waals surface area contributed by atoms with Crippen LogP contribution in [0.5, 0.6) is 0 Å². The molecule has 4 rings (SSSR count). The summed E-state index contributed by atoms with van der Waals surface area (Å²) in [5.74, 6) is -12.6. The van der Waals surface area contributed by atoms with Gasteiger partial charge in [-0.2, -0.15) is 9.97 Å². The highest BCUT2D eigenvalue weighted by molar-refractivity contribution is 6.00. The lowest BCUT2D eigenvalue weighted by molar-refractivity contribution is -0.157. The van der Waals surface area contributed by atoms with E-state index in [1.165, 1.54) is 99.8 Å². The van der Waals surface area contributed by atoms with E-state index in [1.807, 2.05) is 73.4 Å². The Morgan fingerprint density at radius 2 is 1.08 bits per heavy atom. The summed E-state index contributed by atoms with van der Waals surface area (Å²) < 4.78 is 0. The minimum atomic E-state index is -1.61. The summed E-state index contributed by atoms with van der Waals surface area (Å²) in [6.45, 7) is 29.7. The number of allylic oxidation sites excluding steroid dienone is 2. The molecule has 13 atom stereocenters. The molecular weight excluding hydrogens is 1520 g/mol. The molecule has 1 fully saturated rings. The number of nitrogens with one attached hydrogen (secondary N) is 5. The first-order valence-electron chi connectivity index (χ1n) is 40.3. The Morgan fingerprint density at radius 3 is 1.58 bits per heavy atom. The van der Waals surface area contributed by atoms with Gasteiger partial charge in [0.05, 0.1) is 31.1 Å². The van der Waals surface area contributed by atoms with Crippen LogP contribution < -0.4 is 43.0 Å². The van der Waals surface area contributed by atoms with Gasteiger partial charge in [-0.1, -0.05) is 109 Å². The Morgan fingerprint density at radius 1 is 0.585 bits per heavy atom. The van der Waals surface area contributed by atoms with Crippen molar-refractivity contribution in [1.82, 2.24) is 80.8 Å². The molecule has 1 saturated heterocycles. The van der Waals surface area contributed by atoms with Crippen LogP contribution in [0.25, 0.3) is 11.2 Å². The maximum atomic E-state index is 15.1. The van der Waals surface area contributed by atoms with Crippen molar-refractivity contribution in [2.24, 2.45) is 41.4 Å². The first kappa shape index (κ1) is 102. The molecule has 0 saturated carbocycles. The molecule has 0 aliphatic carbocycles. The molecule has 36 heteroatoms. The Labute approximate surface area is 694 Å². The van der Waals surface area contributed by atoms with E-state index in [0.29, 0.717) is 29.8 Å². The van der Waals surface area contributed by atoms with E-state index in [0.717, 1.165) is 15.5 Å². The van der Waals surface area contributed by atoms with Crippen LogP contribution in [-0.4, -0.2) is 288 Å². The van der Waals surface area contributed by atoms with Crippen LogP contribution in [0, 0.1) is 41.4 Å². The fourth-order valence-electron chi connectivity index (χ4n) is 13.7. The molecule has 3 heterocycles. The first-order chi connectivity index (χ1) is 54.8. The number of benzene rings is 1. The third-order valence-electron chi connectivity index (χ3n) is 20.8. The summed E-state index contributed by atoms with van der Waals surface area (Å²) in [5, 5.41) is 43.3. The van der Waals surface area contributed by atoms with E-state index in [2.05, 4.69) is 46.5 Å². The maximum absolute atomic E-state index is 15.1. The normalized spacial score (nSPS) is 22.6. The Balaban J connectivity index is 0.000000896. The number of hydrogen-bond acceptors (Lipinski definition) is 22. The summed E-state index contributed by atoms with van der Waals surface area (Å²) in [6.07, 6.45) is 4.01. The number of carboxylic acid groups (broad SMARTS) is 2. The lowest BCUT2D eigenvalue weighted by Gasteiger charge is -2.41. The fraction of sp³-hybridized carbons (Fsp3) is 0.659. The summed E-state index contributed by atoms with van der Waals surface area (Å²) in [7, 11) is 11.7. The number of fused-ring (bicyclic) bond motifs is 1. The van der Waals surface area contributed by atoms with Gasteiger partial charge in [-0.05, 0) is 131 Å². The first-order valence-corrected chi connectivity index (χ1v) is 40.3. The second kappa shape index (κ2) is 46.5. The van der Waals surface area contributed by atoms with E-state index in [1.54, 1.807) is 72.9 Å². The van der Waals surface area contributed by atoms with Crippen molar-refractivity contribution in [2.75, 3.05) is 79.3 Å². The molecule has 2 aromatic heterocycles. The number of nitrogen functional groups attached to an aromatic ring is 2. The summed E-state index contributed by atoms with van der Waals surface area (Å²) in [4.78, 5) is 221. The molecule has 0 bridgehead atoms. The fourth-order valence-corrected chi connectivity index (χ4v) is 13.7. The molecule has 658 valence electrons. The van der Waals surface area contributed by atoms with Gasteiger partial charge in [-0.3, -0.25) is 62.3 Å². The summed E-state index contributed by atoms with van der Waals surface area (Å²) in [5.41, 5.74) is 13.7. The quantitative estimate of drug-likeness (QED) is 0.0573. The molecule has 1 aliphatic heterocycles. The van der Waals surface area contributed by atoms with Gasteiger partial charge >= 0.3 is 11.9 Å². The minimum Gasteiger partial charge on any atom is -0.481 e. The van der Waals surface area contributed by atoms with Crippen LogP contribution in [0.3, 0.4) is 0 Å². The monoisotopic (exact) mass is 1660 g/mol. The third-order valence-corrected chi connectivity index (χ3v) is 20.8. The largest absolute Gasteiger partial charge is 0.481 e. The zero-order valence-electron chi connectivity index (χ0n) is 73.7. The number of nitrogens with zero attached hydrogens (tertiary/aromatic N) is 12. The molecule has 0 unspecified atom stereocenters. The molecule has 12 amide bonds. The van der Waals surface area contributed by atoms with Gasteiger partial charge in [0.25, 0.3) is 5.91 Å². The Kier molecular flexibility index (Phi) is 40.0. The van der Waals surface area contributed by atoms with Gasteiger partial charge in [0.2, 0.25) is 70.9 Å². The van der Waals surface area contributed by atoms with Crippen molar-refractivity contribution in [3.63, 3.8) is 0 Å². The number of anilines is 3. The maximum Gasteiger partial charge on any atom is 0.326 e. The van der Waals surface area contributed by atoms with Gasteiger partial charge in [0, 0.05) is 74.1 Å². The third kappa shape index (κ3) is 28.8. The number of aliphatic hydroxyl groups is 1. The molecule has 0 radical (unpaired) electrons.